The van der Waals surface area contributed by atoms with Gasteiger partial charge >= 0.3 is 5.97 Å². The number of carboxylic acids is 1. The molecule has 19 heavy (non-hydrogen) atoms. The summed E-state index contributed by atoms with van der Waals surface area (Å²) >= 11 is 0. The third-order valence-electron chi connectivity index (χ3n) is 4.66. The predicted molar refractivity (Wildman–Crippen MR) is 72.7 cm³/mol. The number of hydrogen-bond donors (Lipinski definition) is 1. The number of nitrogens with zero attached hydrogens (tertiary/aromatic N) is 1. The molecule has 4 nitrogen and oxygen atoms in total. The molecule has 0 unspecified atom stereocenters. The monoisotopic (exact) mass is 267 g/mol. The van der Waals surface area contributed by atoms with Crippen molar-refractivity contribution in [1.82, 2.24) is 4.90 Å². The summed E-state index contributed by atoms with van der Waals surface area (Å²) in [6, 6.07) is 0. The topological polar surface area (TPSA) is 57.6 Å². The fourth-order valence-corrected chi connectivity index (χ4v) is 3.09. The van der Waals surface area contributed by atoms with Crippen LogP contribution < -0.4 is 0 Å². The Morgan fingerprint density at radius 2 is 1.74 bits per heavy atom. The van der Waals surface area contributed by atoms with Gasteiger partial charge in [0, 0.05) is 20.0 Å². The molecule has 2 rings (SSSR count). The van der Waals surface area contributed by atoms with Gasteiger partial charge in [-0.15, -0.1) is 0 Å². The van der Waals surface area contributed by atoms with E-state index in [9.17, 15) is 14.7 Å². The van der Waals surface area contributed by atoms with Gasteiger partial charge in [-0.05, 0) is 31.6 Å². The lowest BCUT2D eigenvalue weighted by atomic mass is 9.77. The van der Waals surface area contributed by atoms with E-state index in [-0.39, 0.29) is 12.3 Å². The number of amides is 1. The molecule has 108 valence electrons. The molecule has 2 fully saturated rings. The van der Waals surface area contributed by atoms with E-state index in [2.05, 4.69) is 0 Å². The van der Waals surface area contributed by atoms with E-state index in [1.54, 1.807) is 4.90 Å². The van der Waals surface area contributed by atoms with E-state index in [0.29, 0.717) is 18.8 Å². The van der Waals surface area contributed by atoms with E-state index in [1.165, 1.54) is 12.8 Å². The minimum Gasteiger partial charge on any atom is -0.481 e. The van der Waals surface area contributed by atoms with Crippen LogP contribution in [0.3, 0.4) is 0 Å². The van der Waals surface area contributed by atoms with Crippen molar-refractivity contribution >= 4 is 11.9 Å². The third kappa shape index (κ3) is 3.71. The van der Waals surface area contributed by atoms with Crippen LogP contribution in [0.5, 0.6) is 0 Å². The van der Waals surface area contributed by atoms with Crippen LogP contribution in [0.4, 0.5) is 0 Å². The Morgan fingerprint density at radius 1 is 1.16 bits per heavy atom. The summed E-state index contributed by atoms with van der Waals surface area (Å²) in [4.78, 5) is 25.7. The summed E-state index contributed by atoms with van der Waals surface area (Å²) in [5, 5.41) is 9.57. The molecule has 0 radical (unpaired) electrons. The maximum atomic E-state index is 12.3. The summed E-state index contributed by atoms with van der Waals surface area (Å²) in [7, 11) is 1.81. The van der Waals surface area contributed by atoms with Crippen molar-refractivity contribution in [3.05, 3.63) is 0 Å². The molecule has 0 aromatic rings. The molecule has 1 amide bonds. The zero-order chi connectivity index (χ0) is 13.9. The van der Waals surface area contributed by atoms with Crippen molar-refractivity contribution in [1.29, 1.82) is 0 Å². The average molecular weight is 267 g/mol. The highest BCUT2D eigenvalue weighted by atomic mass is 16.4. The first-order chi connectivity index (χ1) is 9.03. The van der Waals surface area contributed by atoms with Crippen molar-refractivity contribution in [2.75, 3.05) is 13.6 Å². The summed E-state index contributed by atoms with van der Waals surface area (Å²) in [5.74, 6) is -0.109. The van der Waals surface area contributed by atoms with Crippen LogP contribution in [-0.4, -0.2) is 35.5 Å². The summed E-state index contributed by atoms with van der Waals surface area (Å²) in [6.07, 6.45) is 7.99. The molecule has 1 N–H and O–H groups in total. The molecule has 0 aromatic carbocycles. The lowest BCUT2D eigenvalue weighted by molar-refractivity contribution is -0.154. The van der Waals surface area contributed by atoms with Crippen LogP contribution in [0.15, 0.2) is 0 Å². The van der Waals surface area contributed by atoms with Gasteiger partial charge in [-0.3, -0.25) is 9.59 Å². The van der Waals surface area contributed by atoms with Gasteiger partial charge in [-0.1, -0.05) is 25.7 Å². The normalized spacial score (nSPS) is 22.6. The average Bonchev–Trinajstić information content (AvgIpc) is 3.16. The van der Waals surface area contributed by atoms with Crippen molar-refractivity contribution in [3.63, 3.8) is 0 Å². The van der Waals surface area contributed by atoms with Gasteiger partial charge in [0.25, 0.3) is 0 Å². The lowest BCUT2D eigenvalue weighted by Crippen LogP contribution is -2.38. The highest BCUT2D eigenvalue weighted by Crippen LogP contribution is 2.39. The molecular weight excluding hydrogens is 242 g/mol. The Hall–Kier alpha value is -1.06. The molecular formula is C15H25NO3. The van der Waals surface area contributed by atoms with Crippen LogP contribution in [0, 0.1) is 11.3 Å². The van der Waals surface area contributed by atoms with Gasteiger partial charge in [0.15, 0.2) is 0 Å². The number of carbonyl (C=O) groups is 2. The van der Waals surface area contributed by atoms with Crippen LogP contribution in [0.1, 0.15) is 57.8 Å². The lowest BCUT2D eigenvalue weighted by Gasteiger charge is -2.29. The number of aliphatic carboxylic acids is 1. The van der Waals surface area contributed by atoms with E-state index in [4.69, 9.17) is 0 Å². The second kappa shape index (κ2) is 5.93. The summed E-state index contributed by atoms with van der Waals surface area (Å²) in [6.45, 7) is 0.800. The number of carbonyl (C=O) groups excluding carboxylic acids is 1. The Bertz CT molecular complexity index is 341. The number of rotatable bonds is 5. The molecule has 0 heterocycles. The second-order valence-electron chi connectivity index (χ2n) is 6.39. The molecule has 0 saturated heterocycles. The van der Waals surface area contributed by atoms with Crippen LogP contribution in [0.2, 0.25) is 0 Å². The molecule has 0 aromatic heterocycles. The van der Waals surface area contributed by atoms with E-state index in [0.717, 1.165) is 32.2 Å². The zero-order valence-corrected chi connectivity index (χ0v) is 11.9. The first-order valence-corrected chi connectivity index (χ1v) is 7.51. The number of hydrogen-bond acceptors (Lipinski definition) is 2. The van der Waals surface area contributed by atoms with E-state index >= 15 is 0 Å². The van der Waals surface area contributed by atoms with Gasteiger partial charge in [-0.25, -0.2) is 0 Å². The first kappa shape index (κ1) is 14.4. The van der Waals surface area contributed by atoms with Gasteiger partial charge < -0.3 is 10.0 Å². The Morgan fingerprint density at radius 3 is 2.21 bits per heavy atom. The highest BCUT2D eigenvalue weighted by Gasteiger charge is 2.41. The fraction of sp³-hybridized carbons (Fsp3) is 0.867. The zero-order valence-electron chi connectivity index (χ0n) is 11.9. The Labute approximate surface area is 115 Å². The van der Waals surface area contributed by atoms with Crippen LogP contribution in [0.25, 0.3) is 0 Å². The van der Waals surface area contributed by atoms with Crippen molar-refractivity contribution in [2.24, 2.45) is 11.3 Å². The van der Waals surface area contributed by atoms with Gasteiger partial charge in [0.2, 0.25) is 5.91 Å². The largest absolute Gasteiger partial charge is 0.481 e. The predicted octanol–water partition coefficient (Wildman–Crippen LogP) is 2.67. The van der Waals surface area contributed by atoms with E-state index < -0.39 is 11.4 Å². The molecule has 0 atom stereocenters. The Balaban J connectivity index is 1.98. The summed E-state index contributed by atoms with van der Waals surface area (Å²) in [5.41, 5.74) is -0.800. The van der Waals surface area contributed by atoms with Crippen LogP contribution in [-0.2, 0) is 9.59 Å². The van der Waals surface area contributed by atoms with Gasteiger partial charge in [-0.2, -0.15) is 0 Å². The molecule has 0 aliphatic heterocycles. The molecule has 4 heteroatoms. The third-order valence-corrected chi connectivity index (χ3v) is 4.66. The molecule has 2 saturated carbocycles. The minimum absolute atomic E-state index is 0.0104. The SMILES string of the molecule is CN(CC1CC1)C(=O)CC1(C(=O)O)CCCCCC1. The fourth-order valence-electron chi connectivity index (χ4n) is 3.09. The van der Waals surface area contributed by atoms with E-state index in [1.807, 2.05) is 7.05 Å². The molecule has 2 aliphatic rings. The van der Waals surface area contributed by atoms with Crippen molar-refractivity contribution < 1.29 is 14.7 Å². The minimum atomic E-state index is -0.800. The highest BCUT2D eigenvalue weighted by molar-refractivity contribution is 5.85. The smallest absolute Gasteiger partial charge is 0.310 e. The van der Waals surface area contributed by atoms with Gasteiger partial charge in [0.05, 0.1) is 5.41 Å². The van der Waals surface area contributed by atoms with Gasteiger partial charge in [0.1, 0.15) is 0 Å². The molecule has 0 spiro atoms. The molecule has 0 bridgehead atoms. The quantitative estimate of drug-likeness (QED) is 0.779. The number of carboxylic acid groups (broad SMARTS) is 1. The van der Waals surface area contributed by atoms with Crippen molar-refractivity contribution in [2.45, 2.75) is 57.8 Å². The maximum absolute atomic E-state index is 12.3. The first-order valence-electron chi connectivity index (χ1n) is 7.51. The van der Waals surface area contributed by atoms with Crippen LogP contribution >= 0.6 is 0 Å². The molecule has 2 aliphatic carbocycles. The standard InChI is InChI=1S/C15H25NO3/c1-16(11-12-6-7-12)13(17)10-15(14(18)19)8-4-2-3-5-9-15/h12H,2-11H2,1H3,(H,18,19). The second-order valence-corrected chi connectivity index (χ2v) is 6.39. The summed E-state index contributed by atoms with van der Waals surface area (Å²) < 4.78 is 0. The maximum Gasteiger partial charge on any atom is 0.310 e. The Kier molecular flexibility index (Phi) is 4.48. The van der Waals surface area contributed by atoms with Crippen molar-refractivity contribution in [3.8, 4) is 0 Å².